The number of aliphatic hydroxyl groups is 2. The summed E-state index contributed by atoms with van der Waals surface area (Å²) in [7, 11) is 0. The van der Waals surface area contributed by atoms with E-state index in [1.165, 1.54) is 23.0 Å². The molecule has 1 aromatic rings. The van der Waals surface area contributed by atoms with Crippen molar-refractivity contribution in [2.24, 2.45) is 0 Å². The zero-order chi connectivity index (χ0) is 22.6. The van der Waals surface area contributed by atoms with Crippen molar-refractivity contribution in [3.05, 3.63) is 24.3 Å². The highest BCUT2D eigenvalue weighted by molar-refractivity contribution is 8.34. The van der Waals surface area contributed by atoms with Gasteiger partial charge >= 0.3 is 0 Å². The third-order valence-corrected chi connectivity index (χ3v) is 14.1. The van der Waals surface area contributed by atoms with Crippen LogP contribution in [-0.2, 0) is 0 Å². The summed E-state index contributed by atoms with van der Waals surface area (Å²) < 4.78 is 13.2. The number of rotatable bonds is 15. The van der Waals surface area contributed by atoms with Gasteiger partial charge in [-0.15, -0.1) is 70.6 Å². The molecular formula is C22H34O4S6. The van der Waals surface area contributed by atoms with Crippen molar-refractivity contribution in [3.8, 4) is 11.5 Å². The third kappa shape index (κ3) is 10.6. The monoisotopic (exact) mass is 554 g/mol. The van der Waals surface area contributed by atoms with E-state index in [0.29, 0.717) is 20.0 Å². The minimum atomic E-state index is -0.561. The zero-order valence-corrected chi connectivity index (χ0v) is 23.3. The van der Waals surface area contributed by atoms with Crippen molar-refractivity contribution in [2.45, 2.75) is 52.3 Å². The maximum absolute atomic E-state index is 10.3. The summed E-state index contributed by atoms with van der Waals surface area (Å²) in [5, 5.41) is 20.4. The lowest BCUT2D eigenvalue weighted by molar-refractivity contribution is 0.0965. The Morgan fingerprint density at radius 3 is 2.50 bits per heavy atom. The molecule has 10 heteroatoms. The van der Waals surface area contributed by atoms with E-state index in [4.69, 9.17) is 9.47 Å². The highest BCUT2D eigenvalue weighted by Crippen LogP contribution is 2.40. The summed E-state index contributed by atoms with van der Waals surface area (Å²) in [5.74, 6) is 8.44. The molecule has 2 saturated heterocycles. The van der Waals surface area contributed by atoms with E-state index in [9.17, 15) is 10.2 Å². The Morgan fingerprint density at radius 1 is 1.03 bits per heavy atom. The average molecular weight is 555 g/mol. The molecular weight excluding hydrogens is 521 g/mol. The van der Waals surface area contributed by atoms with Gasteiger partial charge in [0.2, 0.25) is 0 Å². The second-order valence-electron chi connectivity index (χ2n) is 7.54. The zero-order valence-electron chi connectivity index (χ0n) is 18.4. The van der Waals surface area contributed by atoms with Crippen LogP contribution >= 0.6 is 70.6 Å². The molecule has 2 N–H and O–H groups in total. The summed E-state index contributed by atoms with van der Waals surface area (Å²) in [6.07, 6.45) is 1.86. The number of aliphatic hydroxyl groups excluding tert-OH is 2. The van der Waals surface area contributed by atoms with Crippen LogP contribution in [0.1, 0.15) is 26.2 Å². The first-order valence-corrected chi connectivity index (χ1v) is 17.3. The molecule has 2 heterocycles. The second kappa shape index (κ2) is 15.8. The molecule has 0 radical (unpaired) electrons. The first kappa shape index (κ1) is 27.4. The summed E-state index contributed by atoms with van der Waals surface area (Å²) in [6.45, 7) is 2.06. The van der Waals surface area contributed by atoms with Crippen molar-refractivity contribution in [2.75, 3.05) is 41.1 Å². The van der Waals surface area contributed by atoms with Crippen molar-refractivity contribution in [1.82, 2.24) is 0 Å². The Balaban J connectivity index is 1.35. The molecule has 0 saturated carbocycles. The van der Waals surface area contributed by atoms with Crippen LogP contribution < -0.4 is 9.47 Å². The Kier molecular flexibility index (Phi) is 13.5. The van der Waals surface area contributed by atoms with Crippen LogP contribution in [0.5, 0.6) is 11.5 Å². The summed E-state index contributed by atoms with van der Waals surface area (Å²) in [5.41, 5.74) is -0.305. The second-order valence-corrected chi connectivity index (χ2v) is 16.2. The topological polar surface area (TPSA) is 58.9 Å². The Bertz CT molecular complexity index is 641. The van der Waals surface area contributed by atoms with Gasteiger partial charge in [-0.2, -0.15) is 0 Å². The number of thioether (sulfide) groups is 6. The molecule has 0 aromatic heterocycles. The third-order valence-electron chi connectivity index (χ3n) is 4.75. The summed E-state index contributed by atoms with van der Waals surface area (Å²) in [6, 6.07) is 7.50. The molecule has 2 fully saturated rings. The molecule has 0 spiro atoms. The average Bonchev–Trinajstić information content (AvgIpc) is 3.49. The van der Waals surface area contributed by atoms with E-state index >= 15 is 0 Å². The highest BCUT2D eigenvalue weighted by atomic mass is 32.3. The van der Waals surface area contributed by atoms with Gasteiger partial charge in [0.1, 0.15) is 18.1 Å². The van der Waals surface area contributed by atoms with Crippen molar-refractivity contribution in [3.63, 3.8) is 0 Å². The molecule has 3 unspecified atom stereocenters. The van der Waals surface area contributed by atoms with E-state index < -0.39 is 12.2 Å². The van der Waals surface area contributed by atoms with Crippen LogP contribution in [0.4, 0.5) is 0 Å². The van der Waals surface area contributed by atoms with E-state index in [-0.39, 0.29) is 12.0 Å². The van der Waals surface area contributed by atoms with Gasteiger partial charge in [-0.05, 0) is 49.8 Å². The Hall–Kier alpha value is 0.840. The van der Waals surface area contributed by atoms with Gasteiger partial charge in [0.15, 0.2) is 5.44 Å². The number of hydrogen-bond acceptors (Lipinski definition) is 10. The lowest BCUT2D eigenvalue weighted by atomic mass is 10.2. The molecule has 4 nitrogen and oxygen atoms in total. The first-order valence-electron chi connectivity index (χ1n) is 11.1. The fourth-order valence-corrected chi connectivity index (χ4v) is 11.9. The Labute approximate surface area is 218 Å². The van der Waals surface area contributed by atoms with E-state index in [1.54, 1.807) is 18.7 Å². The van der Waals surface area contributed by atoms with Crippen molar-refractivity contribution >= 4 is 70.6 Å². The minimum absolute atomic E-state index is 0.284. The van der Waals surface area contributed by atoms with Gasteiger partial charge < -0.3 is 19.7 Å². The molecule has 0 bridgehead atoms. The first-order chi connectivity index (χ1) is 15.6. The van der Waals surface area contributed by atoms with Crippen molar-refractivity contribution in [1.29, 1.82) is 0 Å². The van der Waals surface area contributed by atoms with Crippen LogP contribution in [0, 0.1) is 0 Å². The summed E-state index contributed by atoms with van der Waals surface area (Å²) in [4.78, 5) is 0. The predicted molar refractivity (Wildman–Crippen MR) is 150 cm³/mol. The van der Waals surface area contributed by atoms with Gasteiger partial charge in [0, 0.05) is 29.1 Å². The van der Waals surface area contributed by atoms with Gasteiger partial charge in [-0.3, -0.25) is 0 Å². The number of benzene rings is 1. The maximum atomic E-state index is 10.3. The smallest absolute Gasteiger partial charge is 0.170 e. The lowest BCUT2D eigenvalue weighted by Crippen LogP contribution is -2.26. The van der Waals surface area contributed by atoms with E-state index in [0.717, 1.165) is 30.8 Å². The molecule has 2 aliphatic heterocycles. The van der Waals surface area contributed by atoms with Crippen LogP contribution in [0.2, 0.25) is 0 Å². The molecule has 2 aliphatic rings. The highest BCUT2D eigenvalue weighted by Gasteiger charge is 2.21. The van der Waals surface area contributed by atoms with Gasteiger partial charge in [0.25, 0.3) is 0 Å². The SMILES string of the molecule is CC(O)C(Oc1cccc(OCC(O)CCCSC2SCCS2)c1)SCCC1SCCS1. The lowest BCUT2D eigenvalue weighted by Gasteiger charge is -2.22. The standard InChI is InChI=1S/C22H34O4S6/c1-16(23)21(29-9-7-20-27-10-11-28-20)26-19-6-2-5-18(14-19)25-15-17(24)4-3-8-30-22-31-12-13-32-22/h2,5-6,14,16-17,20-24H,3-4,7-13,15H2,1H3. The van der Waals surface area contributed by atoms with Gasteiger partial charge in [0.05, 0.1) is 20.7 Å². The van der Waals surface area contributed by atoms with Gasteiger partial charge in [-0.1, -0.05) is 6.07 Å². The van der Waals surface area contributed by atoms with Crippen LogP contribution in [0.3, 0.4) is 0 Å². The predicted octanol–water partition coefficient (Wildman–Crippen LogP) is 5.72. The minimum Gasteiger partial charge on any atom is -0.491 e. The number of hydrogen-bond donors (Lipinski definition) is 2. The molecule has 3 atom stereocenters. The maximum Gasteiger partial charge on any atom is 0.170 e. The van der Waals surface area contributed by atoms with Gasteiger partial charge in [-0.25, -0.2) is 0 Å². The molecule has 182 valence electrons. The molecule has 0 amide bonds. The summed E-state index contributed by atoms with van der Waals surface area (Å²) >= 11 is 11.8. The van der Waals surface area contributed by atoms with Crippen molar-refractivity contribution < 1.29 is 19.7 Å². The normalized spacial score (nSPS) is 20.3. The largest absolute Gasteiger partial charge is 0.491 e. The molecule has 1 aromatic carbocycles. The number of ether oxygens (including phenoxy) is 2. The van der Waals surface area contributed by atoms with E-state index in [1.807, 2.05) is 83.1 Å². The molecule has 0 aliphatic carbocycles. The quantitative estimate of drug-likeness (QED) is 0.208. The fourth-order valence-electron chi connectivity index (χ4n) is 3.10. The molecule has 32 heavy (non-hydrogen) atoms. The fraction of sp³-hybridized carbons (Fsp3) is 0.727. The van der Waals surface area contributed by atoms with Crippen LogP contribution in [0.25, 0.3) is 0 Å². The van der Waals surface area contributed by atoms with E-state index in [2.05, 4.69) is 0 Å². The van der Waals surface area contributed by atoms with Crippen LogP contribution in [-0.4, -0.2) is 77.5 Å². The van der Waals surface area contributed by atoms with Crippen LogP contribution in [0.15, 0.2) is 24.3 Å². The molecule has 3 rings (SSSR count). The Morgan fingerprint density at radius 2 is 1.75 bits per heavy atom.